The van der Waals surface area contributed by atoms with Gasteiger partial charge in [-0.15, -0.1) is 5.10 Å². The summed E-state index contributed by atoms with van der Waals surface area (Å²) in [5.74, 6) is -0.00554. The van der Waals surface area contributed by atoms with Gasteiger partial charge in [0.1, 0.15) is 0 Å². The first-order chi connectivity index (χ1) is 9.75. The minimum Gasteiger partial charge on any atom is -0.337 e. The summed E-state index contributed by atoms with van der Waals surface area (Å²) in [6.07, 6.45) is 3.92. The Labute approximate surface area is 118 Å². The Kier molecular flexibility index (Phi) is 3.50. The zero-order valence-corrected chi connectivity index (χ0v) is 11.6. The van der Waals surface area contributed by atoms with E-state index in [1.807, 2.05) is 42.2 Å². The maximum absolute atomic E-state index is 12.2. The molecule has 0 spiro atoms. The molecule has 0 aliphatic carbocycles. The van der Waals surface area contributed by atoms with Crippen molar-refractivity contribution in [3.8, 4) is 0 Å². The van der Waals surface area contributed by atoms with E-state index in [0.29, 0.717) is 5.69 Å². The number of carbonyl (C=O) groups excluding carboxylic acids is 1. The molecule has 5 nitrogen and oxygen atoms in total. The second-order valence-corrected chi connectivity index (χ2v) is 5.17. The standard InChI is InChI=1S/C15H18N4O/c1-12(13-7-3-2-4-8-13)19-11-14(16-17-19)15(20)18-9-5-6-10-18/h2-4,7-8,11-12H,5-6,9-10H2,1H3. The fourth-order valence-electron chi connectivity index (χ4n) is 2.53. The van der Waals surface area contributed by atoms with Gasteiger partial charge in [-0.2, -0.15) is 0 Å². The molecule has 104 valence electrons. The van der Waals surface area contributed by atoms with E-state index in [4.69, 9.17) is 0 Å². The van der Waals surface area contributed by atoms with E-state index in [2.05, 4.69) is 10.3 Å². The number of likely N-dealkylation sites (tertiary alicyclic amines) is 1. The third-order valence-corrected chi connectivity index (χ3v) is 3.80. The monoisotopic (exact) mass is 270 g/mol. The molecule has 5 heteroatoms. The Bertz CT molecular complexity index is 587. The van der Waals surface area contributed by atoms with Gasteiger partial charge in [-0.3, -0.25) is 4.79 Å². The van der Waals surface area contributed by atoms with Crippen molar-refractivity contribution in [1.29, 1.82) is 0 Å². The molecule has 1 aromatic carbocycles. The minimum absolute atomic E-state index is 0.00554. The van der Waals surface area contributed by atoms with Crippen molar-refractivity contribution in [1.82, 2.24) is 19.9 Å². The first-order valence-electron chi connectivity index (χ1n) is 7.02. The van der Waals surface area contributed by atoms with Crippen LogP contribution in [0.5, 0.6) is 0 Å². The summed E-state index contributed by atoms with van der Waals surface area (Å²) in [5.41, 5.74) is 1.59. The third-order valence-electron chi connectivity index (χ3n) is 3.80. The summed E-state index contributed by atoms with van der Waals surface area (Å²) >= 11 is 0. The van der Waals surface area contributed by atoms with Crippen molar-refractivity contribution < 1.29 is 4.79 Å². The van der Waals surface area contributed by atoms with Crippen molar-refractivity contribution in [2.45, 2.75) is 25.8 Å². The summed E-state index contributed by atoms with van der Waals surface area (Å²) in [6.45, 7) is 3.72. The highest BCUT2D eigenvalue weighted by Crippen LogP contribution is 2.17. The van der Waals surface area contributed by atoms with E-state index in [1.165, 1.54) is 0 Å². The first kappa shape index (κ1) is 12.8. The van der Waals surface area contributed by atoms with Crippen LogP contribution < -0.4 is 0 Å². The highest BCUT2D eigenvalue weighted by atomic mass is 16.2. The fraction of sp³-hybridized carbons (Fsp3) is 0.400. The van der Waals surface area contributed by atoms with E-state index in [0.717, 1.165) is 31.5 Å². The number of amides is 1. The van der Waals surface area contributed by atoms with E-state index in [1.54, 1.807) is 10.9 Å². The van der Waals surface area contributed by atoms with Gasteiger partial charge >= 0.3 is 0 Å². The van der Waals surface area contributed by atoms with Crippen LogP contribution in [0, 0.1) is 0 Å². The van der Waals surface area contributed by atoms with Gasteiger partial charge in [0.15, 0.2) is 5.69 Å². The van der Waals surface area contributed by atoms with Crippen LogP contribution in [-0.2, 0) is 0 Å². The molecule has 1 aliphatic rings. The summed E-state index contributed by atoms with van der Waals surface area (Å²) in [4.78, 5) is 14.1. The molecule has 1 amide bonds. The Balaban J connectivity index is 1.78. The van der Waals surface area contributed by atoms with Crippen molar-refractivity contribution in [3.05, 3.63) is 47.8 Å². The Morgan fingerprint density at radius 1 is 1.20 bits per heavy atom. The molecule has 1 saturated heterocycles. The SMILES string of the molecule is CC(c1ccccc1)n1cc(C(=O)N2CCCC2)nn1. The van der Waals surface area contributed by atoms with Gasteiger partial charge in [0.25, 0.3) is 5.91 Å². The van der Waals surface area contributed by atoms with E-state index >= 15 is 0 Å². The van der Waals surface area contributed by atoms with Gasteiger partial charge in [-0.05, 0) is 25.3 Å². The predicted molar refractivity (Wildman–Crippen MR) is 75.4 cm³/mol. The maximum atomic E-state index is 12.2. The molecule has 1 unspecified atom stereocenters. The van der Waals surface area contributed by atoms with Gasteiger partial charge in [-0.1, -0.05) is 35.5 Å². The van der Waals surface area contributed by atoms with Gasteiger partial charge in [0.2, 0.25) is 0 Å². The lowest BCUT2D eigenvalue weighted by Gasteiger charge is -2.13. The molecular weight excluding hydrogens is 252 g/mol. The second kappa shape index (κ2) is 5.45. The largest absolute Gasteiger partial charge is 0.337 e. The normalized spacial score (nSPS) is 16.4. The van der Waals surface area contributed by atoms with Crippen LogP contribution in [0.15, 0.2) is 36.5 Å². The Morgan fingerprint density at radius 3 is 2.60 bits per heavy atom. The van der Waals surface area contributed by atoms with Crippen molar-refractivity contribution in [2.24, 2.45) is 0 Å². The number of rotatable bonds is 3. The molecule has 1 aromatic heterocycles. The van der Waals surface area contributed by atoms with Gasteiger partial charge < -0.3 is 4.90 Å². The highest BCUT2D eigenvalue weighted by Gasteiger charge is 2.22. The summed E-state index contributed by atoms with van der Waals surface area (Å²) < 4.78 is 1.75. The molecule has 1 fully saturated rings. The van der Waals surface area contributed by atoms with Crippen LogP contribution in [0.25, 0.3) is 0 Å². The predicted octanol–water partition coefficient (Wildman–Crippen LogP) is 2.12. The lowest BCUT2D eigenvalue weighted by molar-refractivity contribution is 0.0787. The molecule has 1 aliphatic heterocycles. The number of carbonyl (C=O) groups is 1. The van der Waals surface area contributed by atoms with Gasteiger partial charge in [-0.25, -0.2) is 4.68 Å². The molecule has 1 atom stereocenters. The average Bonchev–Trinajstić information content (AvgIpc) is 3.18. The summed E-state index contributed by atoms with van der Waals surface area (Å²) in [6, 6.07) is 10.2. The number of nitrogens with zero attached hydrogens (tertiary/aromatic N) is 4. The maximum Gasteiger partial charge on any atom is 0.276 e. The molecule has 0 bridgehead atoms. The zero-order valence-electron chi connectivity index (χ0n) is 11.6. The topological polar surface area (TPSA) is 51.0 Å². The third kappa shape index (κ3) is 2.43. The molecule has 3 rings (SSSR count). The summed E-state index contributed by atoms with van der Waals surface area (Å²) in [7, 11) is 0. The average molecular weight is 270 g/mol. The van der Waals surface area contributed by atoms with Crippen LogP contribution in [0.4, 0.5) is 0 Å². The quantitative estimate of drug-likeness (QED) is 0.858. The van der Waals surface area contributed by atoms with E-state index in [9.17, 15) is 4.79 Å². The zero-order chi connectivity index (χ0) is 13.9. The van der Waals surface area contributed by atoms with Crippen LogP contribution in [0.1, 0.15) is 41.9 Å². The highest BCUT2D eigenvalue weighted by molar-refractivity contribution is 5.92. The van der Waals surface area contributed by atoms with Crippen LogP contribution in [0.3, 0.4) is 0 Å². The number of aromatic nitrogens is 3. The van der Waals surface area contributed by atoms with Crippen LogP contribution >= 0.6 is 0 Å². The van der Waals surface area contributed by atoms with Gasteiger partial charge in [0.05, 0.1) is 12.2 Å². The van der Waals surface area contributed by atoms with Crippen LogP contribution in [-0.4, -0.2) is 38.9 Å². The second-order valence-electron chi connectivity index (χ2n) is 5.17. The minimum atomic E-state index is -0.00554. The molecule has 2 heterocycles. The molecule has 2 aromatic rings. The molecular formula is C15H18N4O. The lowest BCUT2D eigenvalue weighted by Crippen LogP contribution is -2.27. The molecule has 0 radical (unpaired) electrons. The van der Waals surface area contributed by atoms with Crippen molar-refractivity contribution in [3.63, 3.8) is 0 Å². The molecule has 0 N–H and O–H groups in total. The summed E-state index contributed by atoms with van der Waals surface area (Å²) in [5, 5.41) is 8.13. The number of hydrogen-bond acceptors (Lipinski definition) is 3. The van der Waals surface area contributed by atoms with Gasteiger partial charge in [0, 0.05) is 13.1 Å². The number of hydrogen-bond donors (Lipinski definition) is 0. The Hall–Kier alpha value is -2.17. The molecule has 20 heavy (non-hydrogen) atoms. The van der Waals surface area contributed by atoms with Crippen LogP contribution in [0.2, 0.25) is 0 Å². The Morgan fingerprint density at radius 2 is 1.90 bits per heavy atom. The fourth-order valence-corrected chi connectivity index (χ4v) is 2.53. The molecule has 0 saturated carbocycles. The van der Waals surface area contributed by atoms with Crippen molar-refractivity contribution >= 4 is 5.91 Å². The lowest BCUT2D eigenvalue weighted by atomic mass is 10.1. The first-order valence-corrected chi connectivity index (χ1v) is 7.02. The smallest absolute Gasteiger partial charge is 0.276 e. The van der Waals surface area contributed by atoms with Crippen molar-refractivity contribution in [2.75, 3.05) is 13.1 Å². The van der Waals surface area contributed by atoms with E-state index < -0.39 is 0 Å². The van der Waals surface area contributed by atoms with E-state index in [-0.39, 0.29) is 11.9 Å². The number of benzene rings is 1.